The second-order valence-electron chi connectivity index (χ2n) is 12.2. The third kappa shape index (κ3) is 4.04. The van der Waals surface area contributed by atoms with Crippen molar-refractivity contribution in [1.29, 1.82) is 0 Å². The van der Waals surface area contributed by atoms with Crippen LogP contribution in [0.15, 0.2) is 103 Å². The highest BCUT2D eigenvalue weighted by Gasteiger charge is 2.44. The minimum Gasteiger partial charge on any atom is -0.448 e. The number of amides is 1. The fraction of sp³-hybridized carbons (Fsp3) is 0.263. The van der Waals surface area contributed by atoms with Crippen molar-refractivity contribution in [2.24, 2.45) is 5.92 Å². The lowest BCUT2D eigenvalue weighted by atomic mass is 9.75. The number of ketones is 1. The van der Waals surface area contributed by atoms with Gasteiger partial charge in [0, 0.05) is 29.5 Å². The number of fused-ring (bicyclic) bond motifs is 8. The molecule has 2 saturated heterocycles. The van der Waals surface area contributed by atoms with Gasteiger partial charge in [0.05, 0.1) is 0 Å². The zero-order chi connectivity index (χ0) is 28.2. The molecule has 0 radical (unpaired) electrons. The molecule has 2 fully saturated rings. The monoisotopic (exact) mass is 551 g/mol. The Morgan fingerprint density at radius 3 is 1.95 bits per heavy atom. The van der Waals surface area contributed by atoms with Crippen molar-refractivity contribution in [3.8, 4) is 11.1 Å². The number of Topliss-reactive ketones (excluding diaryl/α,β-unsaturated/α-hetero) is 1. The molecule has 0 N–H and O–H groups in total. The quantitative estimate of drug-likeness (QED) is 0.166. The number of hydrogen-bond acceptors (Lipinski definition) is 3. The zero-order valence-corrected chi connectivity index (χ0v) is 23.5. The van der Waals surface area contributed by atoms with E-state index in [4.69, 9.17) is 4.74 Å². The molecular formula is C38H33NO3. The number of hydrogen-bond donors (Lipinski definition) is 0. The van der Waals surface area contributed by atoms with Gasteiger partial charge in [0.25, 0.3) is 0 Å². The van der Waals surface area contributed by atoms with Crippen molar-refractivity contribution in [3.05, 3.63) is 120 Å². The second-order valence-corrected chi connectivity index (χ2v) is 12.2. The predicted octanol–water partition coefficient (Wildman–Crippen LogP) is 8.76. The first-order valence-electron chi connectivity index (χ1n) is 15.3. The summed E-state index contributed by atoms with van der Waals surface area (Å²) in [7, 11) is 0. The smallest absolute Gasteiger partial charge is 0.410 e. The fourth-order valence-electron chi connectivity index (χ4n) is 8.04. The van der Waals surface area contributed by atoms with Crippen LogP contribution < -0.4 is 0 Å². The van der Waals surface area contributed by atoms with Crippen LogP contribution >= 0.6 is 0 Å². The van der Waals surface area contributed by atoms with E-state index in [0.29, 0.717) is 19.4 Å². The van der Waals surface area contributed by atoms with Crippen molar-refractivity contribution in [3.63, 3.8) is 0 Å². The van der Waals surface area contributed by atoms with Gasteiger partial charge >= 0.3 is 6.09 Å². The zero-order valence-electron chi connectivity index (χ0n) is 23.5. The molecule has 5 aromatic rings. The van der Waals surface area contributed by atoms with Crippen LogP contribution in [0.2, 0.25) is 0 Å². The van der Waals surface area contributed by atoms with Gasteiger partial charge in [-0.25, -0.2) is 4.79 Å². The molecule has 0 saturated carbocycles. The van der Waals surface area contributed by atoms with Crippen LogP contribution in [0.25, 0.3) is 32.7 Å². The average molecular weight is 552 g/mol. The summed E-state index contributed by atoms with van der Waals surface area (Å²) in [6, 6.07) is 35.6. The number of benzene rings is 5. The van der Waals surface area contributed by atoms with E-state index in [1.165, 1.54) is 27.6 Å². The van der Waals surface area contributed by atoms with Gasteiger partial charge < -0.3 is 9.64 Å². The molecule has 2 aliphatic heterocycles. The Hall–Kier alpha value is -4.44. The van der Waals surface area contributed by atoms with Crippen LogP contribution in [-0.4, -0.2) is 35.5 Å². The van der Waals surface area contributed by atoms with Gasteiger partial charge in [-0.2, -0.15) is 0 Å². The molecule has 1 aliphatic carbocycles. The summed E-state index contributed by atoms with van der Waals surface area (Å²) in [5.41, 5.74) is 5.71. The molecule has 208 valence electrons. The van der Waals surface area contributed by atoms with Crippen LogP contribution in [0.5, 0.6) is 0 Å². The molecule has 2 atom stereocenters. The molecule has 2 unspecified atom stereocenters. The normalized spacial score (nSPS) is 21.2. The minimum absolute atomic E-state index is 0.0359. The lowest BCUT2D eigenvalue weighted by Crippen LogP contribution is -2.55. The summed E-state index contributed by atoms with van der Waals surface area (Å²) >= 11 is 0. The molecule has 4 heteroatoms. The summed E-state index contributed by atoms with van der Waals surface area (Å²) in [6.07, 6.45) is 4.09. The van der Waals surface area contributed by atoms with Gasteiger partial charge in [0.1, 0.15) is 6.61 Å². The standard InChI is InChI=1S/C38H33NO3/c40-37(35-22-24-10-1-2-13-28(24)29-14-3-6-17-32(29)35)25-20-26-11-9-12-27(21-25)39(26)38(41)42-23-36-33-18-7-4-15-30(33)31-16-5-8-19-34(31)36/h1-8,10,13-19,22,25-27,36H,9,11-12,20-21,23H2. The summed E-state index contributed by atoms with van der Waals surface area (Å²) < 4.78 is 6.10. The first-order chi connectivity index (χ1) is 20.7. The number of piperidine rings is 2. The van der Waals surface area contributed by atoms with Gasteiger partial charge in [0.2, 0.25) is 0 Å². The molecule has 1 amide bonds. The fourth-order valence-corrected chi connectivity index (χ4v) is 8.04. The van der Waals surface area contributed by atoms with Gasteiger partial charge in [-0.05, 0) is 82.0 Å². The maximum absolute atomic E-state index is 14.2. The molecular weight excluding hydrogens is 518 g/mol. The van der Waals surface area contributed by atoms with E-state index in [1.54, 1.807) is 0 Å². The van der Waals surface area contributed by atoms with Crippen LogP contribution in [0, 0.1) is 5.92 Å². The van der Waals surface area contributed by atoms with Crippen molar-refractivity contribution < 1.29 is 14.3 Å². The highest BCUT2D eigenvalue weighted by molar-refractivity contribution is 6.18. The Kier molecular flexibility index (Phi) is 6.10. The lowest BCUT2D eigenvalue weighted by Gasteiger charge is -2.47. The van der Waals surface area contributed by atoms with E-state index < -0.39 is 0 Å². The third-order valence-electron chi connectivity index (χ3n) is 9.93. The van der Waals surface area contributed by atoms with E-state index in [2.05, 4.69) is 84.9 Å². The molecule has 0 aromatic heterocycles. The van der Waals surface area contributed by atoms with Gasteiger partial charge in [-0.1, -0.05) is 97.1 Å². The Balaban J connectivity index is 1.03. The maximum Gasteiger partial charge on any atom is 0.410 e. The van der Waals surface area contributed by atoms with Gasteiger partial charge in [0.15, 0.2) is 5.78 Å². The number of carbonyl (C=O) groups is 2. The van der Waals surface area contributed by atoms with Crippen molar-refractivity contribution in [2.45, 2.75) is 50.1 Å². The van der Waals surface area contributed by atoms with E-state index >= 15 is 0 Å². The molecule has 3 aliphatic rings. The van der Waals surface area contributed by atoms with E-state index in [9.17, 15) is 9.59 Å². The number of ether oxygens (including phenoxy) is 1. The van der Waals surface area contributed by atoms with Gasteiger partial charge in [-0.15, -0.1) is 0 Å². The van der Waals surface area contributed by atoms with Crippen molar-refractivity contribution in [1.82, 2.24) is 4.90 Å². The first kappa shape index (κ1) is 25.3. The van der Waals surface area contributed by atoms with Crippen LogP contribution in [0.3, 0.4) is 0 Å². The number of rotatable bonds is 4. The average Bonchev–Trinajstić information content (AvgIpc) is 3.36. The highest BCUT2D eigenvalue weighted by Crippen LogP contribution is 2.45. The molecule has 8 rings (SSSR count). The van der Waals surface area contributed by atoms with E-state index in [-0.39, 0.29) is 35.8 Å². The Morgan fingerprint density at radius 2 is 1.26 bits per heavy atom. The van der Waals surface area contributed by atoms with E-state index in [0.717, 1.165) is 41.0 Å². The third-order valence-corrected chi connectivity index (χ3v) is 9.93. The maximum atomic E-state index is 14.2. The van der Waals surface area contributed by atoms with Crippen molar-refractivity contribution in [2.75, 3.05) is 6.61 Å². The van der Waals surface area contributed by atoms with E-state index in [1.807, 2.05) is 23.1 Å². The van der Waals surface area contributed by atoms with Crippen molar-refractivity contribution >= 4 is 33.4 Å². The predicted molar refractivity (Wildman–Crippen MR) is 167 cm³/mol. The largest absolute Gasteiger partial charge is 0.448 e. The summed E-state index contributed by atoms with van der Waals surface area (Å²) in [5.74, 6) is 0.157. The second kappa shape index (κ2) is 10.1. The lowest BCUT2D eigenvalue weighted by molar-refractivity contribution is 0.00654. The first-order valence-corrected chi connectivity index (χ1v) is 15.3. The summed E-state index contributed by atoms with van der Waals surface area (Å²) in [6.45, 7) is 0.328. The summed E-state index contributed by atoms with van der Waals surface area (Å²) in [4.78, 5) is 29.8. The van der Waals surface area contributed by atoms with Gasteiger partial charge in [-0.3, -0.25) is 4.79 Å². The minimum atomic E-state index is -0.228. The molecule has 4 nitrogen and oxygen atoms in total. The molecule has 2 bridgehead atoms. The van der Waals surface area contributed by atoms with Crippen LogP contribution in [0.1, 0.15) is 59.5 Å². The molecule has 42 heavy (non-hydrogen) atoms. The topological polar surface area (TPSA) is 46.6 Å². The highest BCUT2D eigenvalue weighted by atomic mass is 16.6. The number of carbonyl (C=O) groups excluding carboxylic acids is 2. The van der Waals surface area contributed by atoms with Crippen LogP contribution in [0.4, 0.5) is 4.79 Å². The van der Waals surface area contributed by atoms with Crippen LogP contribution in [-0.2, 0) is 4.74 Å². The molecule has 0 spiro atoms. The Morgan fingerprint density at radius 1 is 0.690 bits per heavy atom. The number of nitrogens with zero attached hydrogens (tertiary/aromatic N) is 1. The molecule has 5 aromatic carbocycles. The SMILES string of the molecule is O=C(c1cc2ccccc2c2ccccc12)C1CC2CCCC(C1)N2C(=O)OCC1c2ccccc2-c2ccccc21. The summed E-state index contributed by atoms with van der Waals surface area (Å²) in [5, 5.41) is 4.41. The Bertz CT molecular complexity index is 1800. The Labute approximate surface area is 245 Å². The molecule has 2 heterocycles.